The van der Waals surface area contributed by atoms with Crippen molar-refractivity contribution in [2.75, 3.05) is 6.54 Å². The third kappa shape index (κ3) is 5.36. The van der Waals surface area contributed by atoms with Gasteiger partial charge in [-0.2, -0.15) is 0 Å². The van der Waals surface area contributed by atoms with E-state index in [1.807, 2.05) is 0 Å². The Morgan fingerprint density at radius 3 is 2.21 bits per heavy atom. The minimum absolute atomic E-state index is 0.00443. The molecule has 268 valence electrons. The average Bonchev–Trinajstić information content (AvgIpc) is 3.75. The number of aliphatic carboxylic acids is 1. The van der Waals surface area contributed by atoms with Crippen LogP contribution in [0.5, 0.6) is 0 Å². The van der Waals surface area contributed by atoms with Gasteiger partial charge < -0.3 is 20.5 Å². The second-order valence-electron chi connectivity index (χ2n) is 19.3. The Balaban J connectivity index is 1.27. The Morgan fingerprint density at radius 1 is 0.896 bits per heavy atom. The van der Waals surface area contributed by atoms with Gasteiger partial charge in [-0.3, -0.25) is 14.4 Å². The Bertz CT molecular complexity index is 1410. The van der Waals surface area contributed by atoms with Crippen LogP contribution < -0.4 is 10.6 Å². The number of hydrogen-bond acceptors (Lipinski definition) is 5. The van der Waals surface area contributed by atoms with E-state index in [0.29, 0.717) is 30.7 Å². The molecule has 0 heterocycles. The van der Waals surface area contributed by atoms with Gasteiger partial charge in [0.05, 0.1) is 17.4 Å². The summed E-state index contributed by atoms with van der Waals surface area (Å²) in [6.07, 6.45) is 10.2. The minimum atomic E-state index is -1.16. The predicted octanol–water partition coefficient (Wildman–Crippen LogP) is 7.84. The van der Waals surface area contributed by atoms with Crippen molar-refractivity contribution >= 4 is 23.8 Å². The number of carbonyl (C=O) groups is 4. The SMILES string of the molecule is CC(C)C1=C2C3CCC4[C@@]5(C)CC[C@H](OC(=O)CC(C)(C)C(=O)O)C(C)(C)C5CC[C@@]4(C)[C@]3(C)CC[C@@]2(NC(=O)NCC2CC2)CC1=O. The van der Waals surface area contributed by atoms with Crippen molar-refractivity contribution in [2.45, 2.75) is 151 Å². The number of nitrogens with one attached hydrogen (secondary N) is 2. The second kappa shape index (κ2) is 11.6. The fourth-order valence-electron chi connectivity index (χ4n) is 12.4. The van der Waals surface area contributed by atoms with E-state index in [9.17, 15) is 24.3 Å². The number of allylic oxidation sites excluding steroid dienone is 1. The van der Waals surface area contributed by atoms with Gasteiger partial charge in [-0.05, 0) is 135 Å². The number of hydrogen-bond donors (Lipinski definition) is 3. The largest absolute Gasteiger partial charge is 0.481 e. The highest BCUT2D eigenvalue weighted by Gasteiger charge is 2.70. The van der Waals surface area contributed by atoms with Crippen molar-refractivity contribution in [1.82, 2.24) is 10.6 Å². The van der Waals surface area contributed by atoms with Gasteiger partial charge in [0.25, 0.3) is 0 Å². The van der Waals surface area contributed by atoms with E-state index in [0.717, 1.165) is 56.9 Å². The Labute approximate surface area is 288 Å². The number of Topliss-reactive ketones (excluding diaryl/α,β-unsaturated/α-hetero) is 1. The molecule has 0 aliphatic heterocycles. The standard InChI is InChI=1S/C40H62N2O6/c1-23(2)31-26(43)20-40(42-34(47)41-22-24-10-11-24)19-18-38(8)25(32(31)40)12-13-28-37(7)16-15-29(48-30(44)21-35(3,4)33(45)46)36(5,6)27(37)14-17-39(28,38)9/h23-25,27-29H,10-22H2,1-9H3,(H,45,46)(H2,41,42,47)/t25?,27?,28?,29-,37-,38+,39+,40+/m0/s1. The molecular formula is C40H62N2O6. The number of ketones is 1. The first kappa shape index (κ1) is 35.4. The number of urea groups is 1. The lowest BCUT2D eigenvalue weighted by Gasteiger charge is -2.72. The highest BCUT2D eigenvalue weighted by Crippen LogP contribution is 2.76. The van der Waals surface area contributed by atoms with Gasteiger partial charge in [-0.25, -0.2) is 4.79 Å². The van der Waals surface area contributed by atoms with E-state index in [2.05, 4.69) is 59.1 Å². The van der Waals surface area contributed by atoms with Crippen molar-refractivity contribution in [2.24, 2.45) is 56.7 Å². The van der Waals surface area contributed by atoms with Crippen LogP contribution in [-0.2, 0) is 19.1 Å². The zero-order chi connectivity index (χ0) is 35.2. The summed E-state index contributed by atoms with van der Waals surface area (Å²) in [6, 6.07) is -0.125. The molecule has 0 radical (unpaired) electrons. The Hall–Kier alpha value is -2.38. The van der Waals surface area contributed by atoms with Crippen LogP contribution in [0.1, 0.15) is 139 Å². The van der Waals surface area contributed by atoms with Crippen LogP contribution >= 0.6 is 0 Å². The molecule has 5 fully saturated rings. The molecule has 6 rings (SSSR count). The van der Waals surface area contributed by atoms with Gasteiger partial charge >= 0.3 is 18.0 Å². The molecule has 3 unspecified atom stereocenters. The third-order valence-electron chi connectivity index (χ3n) is 15.4. The number of esters is 1. The van der Waals surface area contributed by atoms with Gasteiger partial charge in [0, 0.05) is 18.4 Å². The molecule has 6 aliphatic carbocycles. The van der Waals surface area contributed by atoms with Crippen LogP contribution in [0.25, 0.3) is 0 Å². The second-order valence-corrected chi connectivity index (χ2v) is 19.3. The van der Waals surface area contributed by atoms with Crippen molar-refractivity contribution in [3.63, 3.8) is 0 Å². The topological polar surface area (TPSA) is 122 Å². The van der Waals surface area contributed by atoms with Crippen molar-refractivity contribution in [3.8, 4) is 0 Å². The highest BCUT2D eigenvalue weighted by atomic mass is 16.5. The zero-order valence-corrected chi connectivity index (χ0v) is 31.1. The summed E-state index contributed by atoms with van der Waals surface area (Å²) in [7, 11) is 0. The van der Waals surface area contributed by atoms with Gasteiger partial charge in [0.2, 0.25) is 0 Å². The summed E-state index contributed by atoms with van der Waals surface area (Å²) in [5.41, 5.74) is 0.382. The summed E-state index contributed by atoms with van der Waals surface area (Å²) in [4.78, 5) is 51.9. The van der Waals surface area contributed by atoms with Crippen molar-refractivity contribution in [3.05, 3.63) is 11.1 Å². The number of ether oxygens (including phenoxy) is 1. The first-order valence-corrected chi connectivity index (χ1v) is 19.0. The number of rotatable bonds is 8. The van der Waals surface area contributed by atoms with Crippen LogP contribution in [-0.4, -0.2) is 47.0 Å². The van der Waals surface area contributed by atoms with Crippen molar-refractivity contribution in [1.29, 1.82) is 0 Å². The van der Waals surface area contributed by atoms with Gasteiger partial charge in [-0.15, -0.1) is 0 Å². The first-order chi connectivity index (χ1) is 22.2. The fourth-order valence-corrected chi connectivity index (χ4v) is 12.4. The van der Waals surface area contributed by atoms with E-state index in [4.69, 9.17) is 4.74 Å². The number of carbonyl (C=O) groups excluding carboxylic acids is 3. The summed E-state index contributed by atoms with van der Waals surface area (Å²) in [5, 5.41) is 16.1. The lowest BCUT2D eigenvalue weighted by atomic mass is 9.33. The molecule has 8 nitrogen and oxygen atoms in total. The summed E-state index contributed by atoms with van der Waals surface area (Å²) < 4.78 is 6.14. The molecule has 0 bridgehead atoms. The molecule has 3 N–H and O–H groups in total. The molecule has 8 heteroatoms. The Kier molecular flexibility index (Phi) is 8.55. The first-order valence-electron chi connectivity index (χ1n) is 19.0. The molecule has 0 spiro atoms. The maximum absolute atomic E-state index is 13.8. The lowest BCUT2D eigenvalue weighted by Crippen LogP contribution is -2.67. The fraction of sp³-hybridized carbons (Fsp3) is 0.850. The number of fused-ring (bicyclic) bond motifs is 7. The monoisotopic (exact) mass is 666 g/mol. The molecule has 5 saturated carbocycles. The summed E-state index contributed by atoms with van der Waals surface area (Å²) in [6.45, 7) is 20.3. The van der Waals surface area contributed by atoms with Crippen molar-refractivity contribution < 1.29 is 29.0 Å². The van der Waals surface area contributed by atoms with Crippen LogP contribution in [0.15, 0.2) is 11.1 Å². The highest BCUT2D eigenvalue weighted by molar-refractivity contribution is 6.02. The van der Waals surface area contributed by atoms with Crippen LogP contribution in [0.3, 0.4) is 0 Å². The normalized spacial score (nSPS) is 40.3. The minimum Gasteiger partial charge on any atom is -0.481 e. The van der Waals surface area contributed by atoms with Crippen LogP contribution in [0, 0.1) is 56.7 Å². The van der Waals surface area contributed by atoms with Gasteiger partial charge in [0.1, 0.15) is 6.10 Å². The van der Waals surface area contributed by atoms with Gasteiger partial charge in [0.15, 0.2) is 5.78 Å². The predicted molar refractivity (Wildman–Crippen MR) is 185 cm³/mol. The Morgan fingerprint density at radius 2 is 1.58 bits per heavy atom. The van der Waals surface area contributed by atoms with E-state index in [1.165, 1.54) is 18.4 Å². The molecule has 48 heavy (non-hydrogen) atoms. The maximum atomic E-state index is 13.8. The average molecular weight is 667 g/mol. The van der Waals surface area contributed by atoms with Crippen LogP contribution in [0.4, 0.5) is 4.79 Å². The zero-order valence-electron chi connectivity index (χ0n) is 31.1. The molecule has 6 aliphatic rings. The molecule has 0 aromatic rings. The summed E-state index contributed by atoms with van der Waals surface area (Å²) >= 11 is 0. The lowest BCUT2D eigenvalue weighted by molar-refractivity contribution is -0.232. The van der Waals surface area contributed by atoms with Crippen LogP contribution in [0.2, 0.25) is 0 Å². The van der Waals surface area contributed by atoms with E-state index >= 15 is 0 Å². The van der Waals surface area contributed by atoms with E-state index in [1.54, 1.807) is 13.8 Å². The molecule has 0 aromatic carbocycles. The number of carboxylic acids is 1. The molecule has 2 amide bonds. The molecular weight excluding hydrogens is 604 g/mol. The van der Waals surface area contributed by atoms with E-state index < -0.39 is 22.9 Å². The summed E-state index contributed by atoms with van der Waals surface area (Å²) in [5.74, 6) is 0.646. The van der Waals surface area contributed by atoms with Gasteiger partial charge in [-0.1, -0.05) is 48.5 Å². The maximum Gasteiger partial charge on any atom is 0.315 e. The smallest absolute Gasteiger partial charge is 0.315 e. The molecule has 0 saturated heterocycles. The third-order valence-corrected chi connectivity index (χ3v) is 15.4. The number of amides is 2. The van der Waals surface area contributed by atoms with E-state index in [-0.39, 0.29) is 57.8 Å². The molecule has 0 aromatic heterocycles. The number of carboxylic acid groups (broad SMARTS) is 1. The molecule has 8 atom stereocenters. The quantitative estimate of drug-likeness (QED) is 0.227.